The summed E-state index contributed by atoms with van der Waals surface area (Å²) in [6, 6.07) is 0. The van der Waals surface area contributed by atoms with Gasteiger partial charge >= 0.3 is 0 Å². The van der Waals surface area contributed by atoms with E-state index in [4.69, 9.17) is 9.47 Å². The molecule has 0 unspecified atom stereocenters. The number of aldehydes is 1. The molecule has 0 bridgehead atoms. The van der Waals surface area contributed by atoms with E-state index < -0.39 is 5.41 Å². The van der Waals surface area contributed by atoms with Crippen molar-refractivity contribution in [3.8, 4) is 0 Å². The van der Waals surface area contributed by atoms with Gasteiger partial charge in [0.2, 0.25) is 0 Å². The number of allylic oxidation sites excluding steroid dienone is 3. The predicted octanol–water partition coefficient (Wildman–Crippen LogP) is 2.54. The molecule has 0 spiro atoms. The van der Waals surface area contributed by atoms with E-state index in [-0.39, 0.29) is 29.8 Å². The summed E-state index contributed by atoms with van der Waals surface area (Å²) < 4.78 is 10.6. The molecule has 0 heterocycles. The van der Waals surface area contributed by atoms with Gasteiger partial charge in [-0.25, -0.2) is 0 Å². The van der Waals surface area contributed by atoms with Gasteiger partial charge in [0.05, 0.1) is 6.61 Å². The Kier molecular flexibility index (Phi) is 4.49. The van der Waals surface area contributed by atoms with Gasteiger partial charge in [0.15, 0.2) is 5.78 Å². The molecule has 0 saturated heterocycles. The standard InChI is InChI=1S/C17H24O4/c1-12-5-6-17(7-8-18)13(2)14(19)9-15(17)16(12,3)10-21-11-20-4/h5-6,8-9,12-13H,7,10-11H2,1-4H3/t12-,13+,16-,17-/m0/s1. The Morgan fingerprint density at radius 2 is 2.10 bits per heavy atom. The summed E-state index contributed by atoms with van der Waals surface area (Å²) >= 11 is 0. The highest BCUT2D eigenvalue weighted by Crippen LogP contribution is 2.58. The van der Waals surface area contributed by atoms with E-state index >= 15 is 0 Å². The number of fused-ring (bicyclic) bond motifs is 1. The van der Waals surface area contributed by atoms with Gasteiger partial charge in [0.25, 0.3) is 0 Å². The van der Waals surface area contributed by atoms with Crippen LogP contribution < -0.4 is 0 Å². The summed E-state index contributed by atoms with van der Waals surface area (Å²) in [5, 5.41) is 0. The first-order valence-corrected chi connectivity index (χ1v) is 7.38. The molecule has 0 amide bonds. The lowest BCUT2D eigenvalue weighted by atomic mass is 9.56. The monoisotopic (exact) mass is 292 g/mol. The maximum Gasteiger partial charge on any atom is 0.159 e. The quantitative estimate of drug-likeness (QED) is 0.327. The first kappa shape index (κ1) is 16.1. The minimum atomic E-state index is -0.476. The number of ether oxygens (including phenoxy) is 2. The van der Waals surface area contributed by atoms with Crippen molar-refractivity contribution in [3.05, 3.63) is 23.8 Å². The van der Waals surface area contributed by atoms with Crippen LogP contribution in [0.1, 0.15) is 27.2 Å². The van der Waals surface area contributed by atoms with Gasteiger partial charge in [-0.3, -0.25) is 4.79 Å². The lowest BCUT2D eigenvalue weighted by molar-refractivity contribution is -0.119. The molecule has 4 heteroatoms. The molecule has 116 valence electrons. The van der Waals surface area contributed by atoms with Crippen LogP contribution in [0, 0.1) is 22.7 Å². The lowest BCUT2D eigenvalue weighted by Gasteiger charge is -2.47. The number of carbonyl (C=O) groups is 2. The minimum Gasteiger partial charge on any atom is -0.359 e. The molecular formula is C17H24O4. The zero-order valence-electron chi connectivity index (χ0n) is 13.2. The third-order valence-corrected chi connectivity index (χ3v) is 5.31. The summed E-state index contributed by atoms with van der Waals surface area (Å²) in [5.41, 5.74) is 0.262. The molecule has 0 N–H and O–H groups in total. The lowest BCUT2D eigenvalue weighted by Crippen LogP contribution is -2.43. The Balaban J connectivity index is 2.43. The number of hydrogen-bond donors (Lipinski definition) is 0. The molecule has 0 fully saturated rings. The predicted molar refractivity (Wildman–Crippen MR) is 79.6 cm³/mol. The van der Waals surface area contributed by atoms with Crippen molar-refractivity contribution in [1.29, 1.82) is 0 Å². The molecule has 2 aliphatic carbocycles. The average Bonchev–Trinajstić information content (AvgIpc) is 2.71. The smallest absolute Gasteiger partial charge is 0.159 e. The Hall–Kier alpha value is -1.26. The number of methoxy groups -OCH3 is 1. The van der Waals surface area contributed by atoms with Gasteiger partial charge in [-0.05, 0) is 17.6 Å². The largest absolute Gasteiger partial charge is 0.359 e. The van der Waals surface area contributed by atoms with Gasteiger partial charge in [-0.15, -0.1) is 0 Å². The number of carbonyl (C=O) groups excluding carboxylic acids is 2. The molecule has 2 aliphatic rings. The van der Waals surface area contributed by atoms with E-state index in [0.29, 0.717) is 13.0 Å². The molecule has 21 heavy (non-hydrogen) atoms. The van der Waals surface area contributed by atoms with E-state index in [1.165, 1.54) is 0 Å². The highest BCUT2D eigenvalue weighted by molar-refractivity contribution is 5.97. The fraction of sp³-hybridized carbons (Fsp3) is 0.647. The second-order valence-corrected chi connectivity index (χ2v) is 6.41. The Labute approximate surface area is 126 Å². The summed E-state index contributed by atoms with van der Waals surface area (Å²) in [6.45, 7) is 6.83. The second-order valence-electron chi connectivity index (χ2n) is 6.41. The van der Waals surface area contributed by atoms with Crippen LogP contribution in [0.4, 0.5) is 0 Å². The Bertz CT molecular complexity index is 493. The molecule has 0 saturated carbocycles. The van der Waals surface area contributed by atoms with Gasteiger partial charge in [-0.1, -0.05) is 32.9 Å². The van der Waals surface area contributed by atoms with Crippen LogP contribution in [-0.2, 0) is 19.1 Å². The van der Waals surface area contributed by atoms with Crippen LogP contribution in [0.3, 0.4) is 0 Å². The van der Waals surface area contributed by atoms with Crippen molar-refractivity contribution in [2.45, 2.75) is 27.2 Å². The van der Waals surface area contributed by atoms with Crippen molar-refractivity contribution in [2.75, 3.05) is 20.5 Å². The van der Waals surface area contributed by atoms with Crippen LogP contribution in [0.25, 0.3) is 0 Å². The fourth-order valence-electron chi connectivity index (χ4n) is 3.63. The molecule has 4 atom stereocenters. The maximum absolute atomic E-state index is 12.3. The maximum atomic E-state index is 12.3. The molecule has 0 aromatic carbocycles. The van der Waals surface area contributed by atoms with Crippen LogP contribution >= 0.6 is 0 Å². The van der Waals surface area contributed by atoms with Crippen molar-refractivity contribution in [1.82, 2.24) is 0 Å². The first-order chi connectivity index (χ1) is 9.92. The summed E-state index contributed by atoms with van der Waals surface area (Å²) in [4.78, 5) is 23.4. The average molecular weight is 292 g/mol. The molecular weight excluding hydrogens is 268 g/mol. The number of rotatable bonds is 6. The third-order valence-electron chi connectivity index (χ3n) is 5.31. The van der Waals surface area contributed by atoms with Crippen molar-refractivity contribution < 1.29 is 19.1 Å². The summed E-state index contributed by atoms with van der Waals surface area (Å²) in [7, 11) is 1.59. The number of ketones is 1. The van der Waals surface area contributed by atoms with E-state index in [9.17, 15) is 9.59 Å². The summed E-state index contributed by atoms with van der Waals surface area (Å²) in [5.74, 6) is 0.144. The van der Waals surface area contributed by atoms with E-state index in [2.05, 4.69) is 26.0 Å². The zero-order chi connectivity index (χ0) is 15.7. The Morgan fingerprint density at radius 1 is 1.38 bits per heavy atom. The van der Waals surface area contributed by atoms with Gasteiger partial charge in [-0.2, -0.15) is 0 Å². The third kappa shape index (κ3) is 2.40. The van der Waals surface area contributed by atoms with Crippen molar-refractivity contribution in [2.24, 2.45) is 22.7 Å². The van der Waals surface area contributed by atoms with E-state index in [1.54, 1.807) is 13.2 Å². The van der Waals surface area contributed by atoms with Gasteiger partial charge in [0.1, 0.15) is 13.1 Å². The topological polar surface area (TPSA) is 52.6 Å². The molecule has 4 nitrogen and oxygen atoms in total. The second kappa shape index (κ2) is 5.85. The van der Waals surface area contributed by atoms with Gasteiger partial charge < -0.3 is 14.3 Å². The molecule has 0 aromatic rings. The van der Waals surface area contributed by atoms with Crippen LogP contribution in [0.2, 0.25) is 0 Å². The Morgan fingerprint density at radius 3 is 2.71 bits per heavy atom. The molecule has 0 aromatic heterocycles. The van der Waals surface area contributed by atoms with E-state index in [1.807, 2.05) is 6.92 Å². The van der Waals surface area contributed by atoms with Crippen LogP contribution in [0.5, 0.6) is 0 Å². The first-order valence-electron chi connectivity index (χ1n) is 7.38. The number of hydrogen-bond acceptors (Lipinski definition) is 4. The molecule has 2 rings (SSSR count). The van der Waals surface area contributed by atoms with Crippen molar-refractivity contribution >= 4 is 12.1 Å². The van der Waals surface area contributed by atoms with Crippen LogP contribution in [-0.4, -0.2) is 32.6 Å². The van der Waals surface area contributed by atoms with Gasteiger partial charge in [0, 0.05) is 30.3 Å². The molecule has 0 aliphatic heterocycles. The zero-order valence-corrected chi connectivity index (χ0v) is 13.2. The van der Waals surface area contributed by atoms with Crippen LogP contribution in [0.15, 0.2) is 23.8 Å². The molecule has 0 radical (unpaired) electrons. The summed E-state index contributed by atoms with van der Waals surface area (Å²) in [6.07, 6.45) is 7.18. The van der Waals surface area contributed by atoms with E-state index in [0.717, 1.165) is 11.9 Å². The SMILES string of the molecule is COCOC[C@]1(C)C2=CC(=O)[C@@H](C)[C@@]2(CC=O)C=C[C@@H]1C. The minimum absolute atomic E-state index is 0.101. The highest BCUT2D eigenvalue weighted by atomic mass is 16.7. The fourth-order valence-corrected chi connectivity index (χ4v) is 3.63. The normalized spacial score (nSPS) is 38.3. The van der Waals surface area contributed by atoms with Crippen molar-refractivity contribution in [3.63, 3.8) is 0 Å². The highest BCUT2D eigenvalue weighted by Gasteiger charge is 2.54.